The Morgan fingerprint density at radius 3 is 1.94 bits per heavy atom. The van der Waals surface area contributed by atoms with Crippen molar-refractivity contribution in [3.63, 3.8) is 0 Å². The van der Waals surface area contributed by atoms with Crippen LogP contribution >= 0.6 is 24.8 Å². The van der Waals surface area contributed by atoms with E-state index in [1.54, 1.807) is 23.3 Å². The SMILES string of the molecule is CC1=[C-]C(C)C(C)=C1C.C[Si](C)=[Zr+2].Cc1cccc2[cH-]cc(-c3ccccc3)c12.Cl.Cl. The maximum absolute atomic E-state index is 3.36. The molecule has 0 aromatic heterocycles. The van der Waals surface area contributed by atoms with Crippen molar-refractivity contribution in [2.24, 2.45) is 5.92 Å². The van der Waals surface area contributed by atoms with Crippen molar-refractivity contribution in [1.82, 2.24) is 0 Å². The first-order valence-electron chi connectivity index (χ1n) is 10.2. The first-order chi connectivity index (χ1) is 13.7. The van der Waals surface area contributed by atoms with Crippen LogP contribution in [0.25, 0.3) is 21.9 Å². The molecule has 0 radical (unpaired) electrons. The normalized spacial score (nSPS) is 14.4. The summed E-state index contributed by atoms with van der Waals surface area (Å²) < 4.78 is 0. The van der Waals surface area contributed by atoms with Crippen LogP contribution in [0, 0.1) is 18.9 Å². The summed E-state index contributed by atoms with van der Waals surface area (Å²) >= 11 is 1.74. The van der Waals surface area contributed by atoms with Crippen molar-refractivity contribution in [2.45, 2.75) is 47.7 Å². The Bertz CT molecular complexity index is 1040. The van der Waals surface area contributed by atoms with Gasteiger partial charge in [0.25, 0.3) is 0 Å². The van der Waals surface area contributed by atoms with Gasteiger partial charge in [0.15, 0.2) is 0 Å². The Kier molecular flexibility index (Phi) is 14.0. The first kappa shape index (κ1) is 30.2. The predicted octanol–water partition coefficient (Wildman–Crippen LogP) is 8.88. The van der Waals surface area contributed by atoms with Gasteiger partial charge in [-0.05, 0) is 6.92 Å². The molecule has 1 atom stereocenters. The van der Waals surface area contributed by atoms with E-state index in [9.17, 15) is 0 Å². The van der Waals surface area contributed by atoms with Gasteiger partial charge in [-0.15, -0.1) is 72.3 Å². The van der Waals surface area contributed by atoms with E-state index in [1.807, 2.05) is 0 Å². The minimum atomic E-state index is 0. The van der Waals surface area contributed by atoms with Gasteiger partial charge in [-0.2, -0.15) is 11.1 Å². The van der Waals surface area contributed by atoms with Gasteiger partial charge in [-0.3, -0.25) is 6.08 Å². The number of rotatable bonds is 1. The number of allylic oxidation sites excluding steroid dienone is 4. The third kappa shape index (κ3) is 8.58. The van der Waals surface area contributed by atoms with Crippen molar-refractivity contribution in [1.29, 1.82) is 0 Å². The van der Waals surface area contributed by atoms with Crippen molar-refractivity contribution in [3.05, 3.63) is 89.0 Å². The Hall–Kier alpha value is -0.790. The van der Waals surface area contributed by atoms with Crippen molar-refractivity contribution in [2.75, 3.05) is 0 Å². The molecule has 3 aromatic rings. The molecular formula is C27H34Cl2SiZr. The van der Waals surface area contributed by atoms with E-state index < -0.39 is 0 Å². The number of benzene rings is 2. The van der Waals surface area contributed by atoms with Gasteiger partial charge in [-0.1, -0.05) is 74.2 Å². The van der Waals surface area contributed by atoms with Crippen molar-refractivity contribution >= 4 is 41.0 Å². The van der Waals surface area contributed by atoms with Crippen LogP contribution in [-0.2, 0) is 23.3 Å². The molecule has 0 nitrogen and oxygen atoms in total. The second-order valence-corrected chi connectivity index (χ2v) is 17.3. The molecule has 1 unspecified atom stereocenters. The number of fused-ring (bicyclic) bond motifs is 1. The topological polar surface area (TPSA) is 0 Å². The average molecular weight is 549 g/mol. The van der Waals surface area contributed by atoms with Crippen LogP contribution in [0.1, 0.15) is 33.3 Å². The number of hydrogen-bond acceptors (Lipinski definition) is 0. The predicted molar refractivity (Wildman–Crippen MR) is 142 cm³/mol. The number of aryl methyl sites for hydroxylation is 1. The summed E-state index contributed by atoms with van der Waals surface area (Å²) in [4.78, 5) is 0. The molecule has 0 saturated carbocycles. The maximum atomic E-state index is 3.36. The van der Waals surface area contributed by atoms with Crippen LogP contribution in [0.4, 0.5) is 0 Å². The molecular weight excluding hydrogens is 515 g/mol. The molecule has 0 saturated heterocycles. The smallest absolute Gasteiger partial charge is 0.0487 e. The van der Waals surface area contributed by atoms with E-state index in [0.29, 0.717) is 5.92 Å². The third-order valence-electron chi connectivity index (χ3n) is 5.33. The molecule has 4 rings (SSSR count). The summed E-state index contributed by atoms with van der Waals surface area (Å²) in [5, 5.41) is 2.72. The van der Waals surface area contributed by atoms with Gasteiger partial charge in [-0.25, -0.2) is 5.57 Å². The van der Waals surface area contributed by atoms with Crippen LogP contribution in [0.5, 0.6) is 0 Å². The Labute approximate surface area is 216 Å². The minimum absolute atomic E-state index is 0. The van der Waals surface area contributed by atoms with E-state index in [2.05, 4.69) is 114 Å². The second kappa shape index (κ2) is 14.4. The molecule has 164 valence electrons. The zero-order valence-corrected chi connectivity index (χ0v) is 24.8. The van der Waals surface area contributed by atoms with E-state index in [-0.39, 0.29) is 30.2 Å². The molecule has 31 heavy (non-hydrogen) atoms. The quantitative estimate of drug-likeness (QED) is 0.210. The van der Waals surface area contributed by atoms with Gasteiger partial charge < -0.3 is 0 Å². The Morgan fingerprint density at radius 2 is 1.48 bits per heavy atom. The van der Waals surface area contributed by atoms with Gasteiger partial charge in [0.1, 0.15) is 0 Å². The van der Waals surface area contributed by atoms with Crippen LogP contribution in [0.3, 0.4) is 0 Å². The molecule has 1 aliphatic carbocycles. The standard InChI is InChI=1S/C16H13.C9H13.C2H6Si.2ClH.Zr/c1-12-6-5-9-14-10-11-15(16(12)14)13-7-3-2-4-8-13;1-6-5-7(2)9(4)8(6)3;1-3-2;;;/h2-11H,1H3;6H,1-4H3;1-2H3;2*1H;/q2*-1;;;;+2. The van der Waals surface area contributed by atoms with E-state index >= 15 is 0 Å². The molecule has 0 heterocycles. The van der Waals surface area contributed by atoms with Crippen LogP contribution in [0.2, 0.25) is 13.1 Å². The molecule has 0 N–H and O–H groups in total. The van der Waals surface area contributed by atoms with Crippen LogP contribution in [0.15, 0.2) is 77.4 Å². The van der Waals surface area contributed by atoms with E-state index in [1.165, 1.54) is 44.2 Å². The molecule has 0 bridgehead atoms. The van der Waals surface area contributed by atoms with Gasteiger partial charge in [0, 0.05) is 0 Å². The molecule has 4 heteroatoms. The van der Waals surface area contributed by atoms with Crippen LogP contribution < -0.4 is 0 Å². The average Bonchev–Trinajstić information content (AvgIpc) is 3.21. The monoisotopic (exact) mass is 546 g/mol. The molecule has 0 fully saturated rings. The van der Waals surface area contributed by atoms with Gasteiger partial charge >= 0.3 is 41.9 Å². The van der Waals surface area contributed by atoms with Crippen molar-refractivity contribution in [3.8, 4) is 11.1 Å². The largest absolute Gasteiger partial charge is 0.149 e. The number of halogens is 2. The summed E-state index contributed by atoms with van der Waals surface area (Å²) in [6.07, 6.45) is 3.36. The number of hydrogen-bond donors (Lipinski definition) is 0. The molecule has 0 amide bonds. The first-order valence-corrected chi connectivity index (χ1v) is 16.4. The Balaban J connectivity index is 0.000000516. The zero-order valence-electron chi connectivity index (χ0n) is 19.7. The molecule has 3 aromatic carbocycles. The summed E-state index contributed by atoms with van der Waals surface area (Å²) in [5.41, 5.74) is 8.44. The summed E-state index contributed by atoms with van der Waals surface area (Å²) in [7, 11) is 0. The second-order valence-electron chi connectivity index (χ2n) is 7.95. The summed E-state index contributed by atoms with van der Waals surface area (Å²) in [6, 6.07) is 21.5. The summed E-state index contributed by atoms with van der Waals surface area (Å²) in [6.45, 7) is 15.5. The third-order valence-corrected chi connectivity index (χ3v) is 5.33. The minimum Gasteiger partial charge on any atom is -0.149 e. The fraction of sp³-hybridized carbons (Fsp3) is 0.296. The summed E-state index contributed by atoms with van der Waals surface area (Å²) in [5.74, 6) is 0.560. The Morgan fingerprint density at radius 1 is 0.903 bits per heavy atom. The fourth-order valence-corrected chi connectivity index (χ4v) is 3.47. The van der Waals surface area contributed by atoms with Gasteiger partial charge in [0.2, 0.25) is 0 Å². The van der Waals surface area contributed by atoms with E-state index in [0.717, 1.165) is 0 Å². The van der Waals surface area contributed by atoms with Crippen molar-refractivity contribution < 1.29 is 23.3 Å². The van der Waals surface area contributed by atoms with E-state index in [4.69, 9.17) is 0 Å². The fourth-order valence-electron chi connectivity index (χ4n) is 3.47. The molecule has 0 aliphatic heterocycles. The molecule has 1 aliphatic rings. The maximum Gasteiger partial charge on any atom is -0.0487 e. The molecule has 0 spiro atoms. The van der Waals surface area contributed by atoms with Gasteiger partial charge in [0.05, 0.1) is 0 Å². The zero-order chi connectivity index (χ0) is 21.6. The van der Waals surface area contributed by atoms with Crippen LogP contribution in [-0.4, -0.2) is 5.43 Å².